The molecule has 0 saturated heterocycles. The largest absolute Gasteiger partial charge is 0.478 e. The highest BCUT2D eigenvalue weighted by atomic mass is 19.1. The molecule has 0 aromatic heterocycles. The predicted molar refractivity (Wildman–Crippen MR) is 391 cm³/mol. The number of carbonyl (C=O) groups is 2. The maximum absolute atomic E-state index is 13.1. The first-order chi connectivity index (χ1) is 46.0. The molecule has 6 N–H and O–H groups in total. The third kappa shape index (κ3) is 21.3. The average molecular weight is 1280 g/mol. The normalized spacial score (nSPS) is 10.7. The van der Waals surface area contributed by atoms with Crippen molar-refractivity contribution < 1.29 is 37.4 Å². The summed E-state index contributed by atoms with van der Waals surface area (Å²) in [5.41, 5.74) is 23.8. The minimum atomic E-state index is -1.02. The number of halogens is 4. The summed E-state index contributed by atoms with van der Waals surface area (Å²) in [7, 11) is 0. The Morgan fingerprint density at radius 1 is 0.312 bits per heavy atom. The fourth-order valence-corrected chi connectivity index (χ4v) is 9.90. The average Bonchev–Trinajstić information content (AvgIpc) is 1.35. The molecule has 0 aliphatic heterocycles. The number of aryl methyl sites for hydroxylation is 10. The molecule has 12 heteroatoms. The van der Waals surface area contributed by atoms with Gasteiger partial charge in [-0.15, -0.1) is 0 Å². The molecule has 0 unspecified atom stereocenters. The number of carboxylic acid groups (broad SMARTS) is 2. The highest BCUT2D eigenvalue weighted by Crippen LogP contribution is 2.29. The van der Waals surface area contributed by atoms with E-state index in [-0.39, 0.29) is 34.4 Å². The topological polar surface area (TPSA) is 123 Å². The zero-order valence-corrected chi connectivity index (χ0v) is 55.1. The number of rotatable bonds is 18. The second-order valence-corrected chi connectivity index (χ2v) is 23.4. The predicted octanol–water partition coefficient (Wildman–Crippen LogP) is 22.9. The van der Waals surface area contributed by atoms with Crippen molar-refractivity contribution in [1.82, 2.24) is 0 Å². The van der Waals surface area contributed by atoms with Crippen LogP contribution in [-0.2, 0) is 12.8 Å². The van der Waals surface area contributed by atoms with Crippen LogP contribution in [0.5, 0.6) is 0 Å². The third-order valence-corrected chi connectivity index (χ3v) is 16.1. The van der Waals surface area contributed by atoms with E-state index in [4.69, 9.17) is 0 Å². The maximum atomic E-state index is 13.1. The van der Waals surface area contributed by atoms with Gasteiger partial charge < -0.3 is 31.5 Å². The van der Waals surface area contributed by atoms with E-state index in [0.717, 1.165) is 74.5 Å². The molecule has 0 amide bonds. The fourth-order valence-electron chi connectivity index (χ4n) is 9.90. The number of hydrogen-bond acceptors (Lipinski definition) is 6. The summed E-state index contributed by atoms with van der Waals surface area (Å²) in [6, 6.07) is 66.3. The molecule has 0 bridgehead atoms. The van der Waals surface area contributed by atoms with Crippen LogP contribution in [0.2, 0.25) is 0 Å². The fraction of sp³-hybridized carbons (Fsp3) is 0.119. The molecule has 8 nitrogen and oxygen atoms in total. The lowest BCUT2D eigenvalue weighted by molar-refractivity contribution is 0.0687. The van der Waals surface area contributed by atoms with Crippen LogP contribution >= 0.6 is 0 Å². The van der Waals surface area contributed by atoms with Gasteiger partial charge in [-0.25, -0.2) is 27.2 Å². The van der Waals surface area contributed by atoms with Gasteiger partial charge in [-0.3, -0.25) is 0 Å². The van der Waals surface area contributed by atoms with Crippen LogP contribution < -0.4 is 21.3 Å². The molecular formula is C84H78F4N4O4. The molecule has 0 fully saturated rings. The molecule has 96 heavy (non-hydrogen) atoms. The van der Waals surface area contributed by atoms with E-state index in [1.807, 2.05) is 55.5 Å². The van der Waals surface area contributed by atoms with Crippen LogP contribution in [-0.4, -0.2) is 22.2 Å². The van der Waals surface area contributed by atoms with Crippen LogP contribution in [0.3, 0.4) is 0 Å². The lowest BCUT2D eigenvalue weighted by atomic mass is 9.99. The Labute approximate surface area is 560 Å². The second kappa shape index (κ2) is 33.9. The van der Waals surface area contributed by atoms with Gasteiger partial charge in [-0.05, 0) is 285 Å². The zero-order valence-electron chi connectivity index (χ0n) is 55.1. The van der Waals surface area contributed by atoms with Crippen LogP contribution in [0.25, 0.3) is 30.4 Å². The molecule has 0 spiro atoms. The van der Waals surface area contributed by atoms with Crippen molar-refractivity contribution in [2.24, 2.45) is 0 Å². The summed E-state index contributed by atoms with van der Waals surface area (Å²) in [5, 5.41) is 31.6. The zero-order chi connectivity index (χ0) is 68.8. The van der Waals surface area contributed by atoms with Crippen molar-refractivity contribution in [3.8, 4) is 0 Å². The summed E-state index contributed by atoms with van der Waals surface area (Å²) in [6.07, 6.45) is 11.6. The molecule has 0 aliphatic rings. The summed E-state index contributed by atoms with van der Waals surface area (Å²) < 4.78 is 52.0. The van der Waals surface area contributed by atoms with E-state index in [2.05, 4.69) is 155 Å². The van der Waals surface area contributed by atoms with E-state index in [1.54, 1.807) is 78.9 Å². The van der Waals surface area contributed by atoms with E-state index in [1.165, 1.54) is 93.0 Å². The number of nitrogens with one attached hydrogen (secondary N) is 4. The van der Waals surface area contributed by atoms with Gasteiger partial charge >= 0.3 is 11.9 Å². The molecule has 0 heterocycles. The Kier molecular flexibility index (Phi) is 24.8. The Morgan fingerprint density at radius 3 is 0.948 bits per heavy atom. The SMILES string of the molecule is C=Cc1ccc(C)c(Nc2ccc(F)cc2)c1.Cc1ccc(/C=C/c2ccc(C(=O)O)c(Nc3ccc(F)cc3)c2)cc1C.Cc1ccc(/C=C/c2ccc(C)c(Nc3ccc(F)cc3)c2)cc1C.Cc1ccc(CCc2ccc(C(=O)O)c(Nc3ccc(F)cc3)c2)cc1C. The lowest BCUT2D eigenvalue weighted by Gasteiger charge is -2.12. The molecular weight excluding hydrogens is 1200 g/mol. The number of aromatic carboxylic acids is 2. The second-order valence-electron chi connectivity index (χ2n) is 23.4. The van der Waals surface area contributed by atoms with Crippen molar-refractivity contribution >= 4 is 87.8 Å². The summed E-state index contributed by atoms with van der Waals surface area (Å²) in [6.45, 7) is 20.4. The van der Waals surface area contributed by atoms with Gasteiger partial charge in [-0.1, -0.05) is 128 Å². The molecule has 0 radical (unpaired) electrons. The molecule has 0 saturated carbocycles. The standard InChI is InChI=1S/C23H22FNO2.C23H20FNO2.C23H22FN.C15H14FN/c2*1-15-3-4-17(13-16(15)2)5-6-18-7-12-21(23(26)27)22(14-18)25-20-10-8-19(24)9-11-20;1-16-4-6-19(14-18(16)3)8-9-20-7-5-17(2)23(15-20)25-22-12-10-21(24)11-13-22;1-3-12-5-4-11(2)15(10-12)17-14-8-6-13(16)7-9-14/h3-4,7-14,25H,5-6H2,1-2H3,(H,26,27);3-14,25H,1-2H3,(H,26,27);4-15,25H,1-3H3;3-10,17H,1H2,2H3/b;6-5+;9-8+;. The van der Waals surface area contributed by atoms with Gasteiger partial charge in [0.25, 0.3) is 0 Å². The van der Waals surface area contributed by atoms with Gasteiger partial charge in [-0.2, -0.15) is 0 Å². The molecule has 0 aliphatic carbocycles. The maximum Gasteiger partial charge on any atom is 0.337 e. The van der Waals surface area contributed by atoms with E-state index >= 15 is 0 Å². The van der Waals surface area contributed by atoms with Crippen molar-refractivity contribution in [2.45, 2.75) is 68.2 Å². The first-order valence-corrected chi connectivity index (χ1v) is 31.3. The monoisotopic (exact) mass is 1280 g/mol. The van der Waals surface area contributed by atoms with E-state index in [0.29, 0.717) is 22.7 Å². The smallest absolute Gasteiger partial charge is 0.337 e. The first-order valence-electron chi connectivity index (χ1n) is 31.3. The minimum Gasteiger partial charge on any atom is -0.478 e. The highest BCUT2D eigenvalue weighted by Gasteiger charge is 2.14. The van der Waals surface area contributed by atoms with Gasteiger partial charge in [0.05, 0.1) is 22.5 Å². The van der Waals surface area contributed by atoms with Crippen molar-refractivity contribution in [3.05, 3.63) is 349 Å². The molecule has 11 rings (SSSR count). The summed E-state index contributed by atoms with van der Waals surface area (Å²) in [4.78, 5) is 23.0. The Balaban J connectivity index is 0.000000166. The Hall–Kier alpha value is -11.5. The van der Waals surface area contributed by atoms with Crippen molar-refractivity contribution in [1.29, 1.82) is 0 Å². The third-order valence-electron chi connectivity index (χ3n) is 16.1. The molecule has 11 aromatic rings. The highest BCUT2D eigenvalue weighted by molar-refractivity contribution is 5.96. The van der Waals surface area contributed by atoms with E-state index in [9.17, 15) is 37.4 Å². The Bertz CT molecular complexity index is 4560. The van der Waals surface area contributed by atoms with Crippen LogP contribution in [0.15, 0.2) is 231 Å². The lowest BCUT2D eigenvalue weighted by Crippen LogP contribution is -2.04. The van der Waals surface area contributed by atoms with Crippen molar-refractivity contribution in [2.75, 3.05) is 21.3 Å². The molecule has 0 atom stereocenters. The number of anilines is 8. The minimum absolute atomic E-state index is 0.155. The van der Waals surface area contributed by atoms with Gasteiger partial charge in [0.15, 0.2) is 0 Å². The number of benzene rings is 11. The molecule has 486 valence electrons. The van der Waals surface area contributed by atoms with Gasteiger partial charge in [0, 0.05) is 34.1 Å². The quantitative estimate of drug-likeness (QED) is 0.0371. The number of hydrogen-bond donors (Lipinski definition) is 6. The van der Waals surface area contributed by atoms with E-state index < -0.39 is 11.9 Å². The van der Waals surface area contributed by atoms with Gasteiger partial charge in [0.2, 0.25) is 0 Å². The van der Waals surface area contributed by atoms with Crippen LogP contribution in [0.1, 0.15) is 104 Å². The Morgan fingerprint density at radius 2 is 0.583 bits per heavy atom. The summed E-state index contributed by atoms with van der Waals surface area (Å²) >= 11 is 0. The number of carboxylic acids is 2. The van der Waals surface area contributed by atoms with Crippen molar-refractivity contribution in [3.63, 3.8) is 0 Å². The molecule has 11 aromatic carbocycles. The van der Waals surface area contributed by atoms with Crippen LogP contribution in [0, 0.1) is 78.7 Å². The van der Waals surface area contributed by atoms with Crippen LogP contribution in [0.4, 0.5) is 63.1 Å². The van der Waals surface area contributed by atoms with Gasteiger partial charge in [0.1, 0.15) is 23.3 Å². The first kappa shape index (κ1) is 70.4. The summed E-state index contributed by atoms with van der Waals surface area (Å²) in [5.74, 6) is -3.16.